The van der Waals surface area contributed by atoms with Crippen molar-refractivity contribution < 1.29 is 8.42 Å². The molecule has 0 aliphatic carbocycles. The molecule has 0 spiro atoms. The van der Waals surface area contributed by atoms with E-state index in [1.807, 2.05) is 55.6 Å². The summed E-state index contributed by atoms with van der Waals surface area (Å²) in [6.45, 7) is 2.28. The summed E-state index contributed by atoms with van der Waals surface area (Å²) >= 11 is 3.56. The number of nitrogens with one attached hydrogen (secondary N) is 2. The van der Waals surface area contributed by atoms with Gasteiger partial charge in [-0.25, -0.2) is 13.1 Å². The molecule has 0 aliphatic rings. The topological polar surface area (TPSA) is 62.0 Å². The van der Waals surface area contributed by atoms with Crippen LogP contribution in [-0.2, 0) is 10.0 Å². The molecule has 4 nitrogen and oxygen atoms in total. The van der Waals surface area contributed by atoms with Crippen LogP contribution in [0.2, 0.25) is 0 Å². The third-order valence-electron chi connectivity index (χ3n) is 5.31. The molecule has 154 valence electrons. The molecule has 0 amide bonds. The van der Waals surface area contributed by atoms with Gasteiger partial charge in [0.1, 0.15) is 0 Å². The molecule has 0 bridgehead atoms. The summed E-state index contributed by atoms with van der Waals surface area (Å²) in [6, 6.07) is 23.3. The van der Waals surface area contributed by atoms with Crippen molar-refractivity contribution >= 4 is 36.9 Å². The Morgan fingerprint density at radius 3 is 2.47 bits per heavy atom. The van der Waals surface area contributed by atoms with Crippen LogP contribution in [-0.4, -0.2) is 19.9 Å². The quantitative estimate of drug-likeness (QED) is 0.352. The molecule has 1 aromatic heterocycles. The third-order valence-corrected chi connectivity index (χ3v) is 7.28. The number of halogens is 1. The lowest BCUT2D eigenvalue weighted by molar-refractivity contribution is 0.575. The van der Waals surface area contributed by atoms with Crippen molar-refractivity contribution in [2.24, 2.45) is 0 Å². The SMILES string of the molecule is Cc1ccc(S(=O)(=O)NCCC(c2ccccc2)c2c[nH]c3ccc(Br)cc23)cc1. The zero-order valence-electron chi connectivity index (χ0n) is 16.6. The molecule has 2 N–H and O–H groups in total. The number of hydrogen-bond donors (Lipinski definition) is 2. The van der Waals surface area contributed by atoms with Gasteiger partial charge < -0.3 is 4.98 Å². The maximum Gasteiger partial charge on any atom is 0.240 e. The summed E-state index contributed by atoms with van der Waals surface area (Å²) in [5.74, 6) is 0.0648. The molecule has 1 unspecified atom stereocenters. The monoisotopic (exact) mass is 482 g/mol. The van der Waals surface area contributed by atoms with Crippen LogP contribution in [0.5, 0.6) is 0 Å². The maximum atomic E-state index is 12.7. The maximum absolute atomic E-state index is 12.7. The van der Waals surface area contributed by atoms with Gasteiger partial charge in [0.25, 0.3) is 0 Å². The van der Waals surface area contributed by atoms with Crippen LogP contribution in [0.15, 0.2) is 88.4 Å². The normalized spacial score (nSPS) is 12.9. The smallest absolute Gasteiger partial charge is 0.240 e. The van der Waals surface area contributed by atoms with Crippen LogP contribution in [0.4, 0.5) is 0 Å². The van der Waals surface area contributed by atoms with Gasteiger partial charge in [-0.3, -0.25) is 0 Å². The van der Waals surface area contributed by atoms with Gasteiger partial charge in [-0.15, -0.1) is 0 Å². The Bertz CT molecular complexity index is 1250. The second kappa shape index (κ2) is 8.76. The van der Waals surface area contributed by atoms with E-state index in [2.05, 4.69) is 43.8 Å². The molecule has 1 atom stereocenters. The van der Waals surface area contributed by atoms with Crippen LogP contribution < -0.4 is 4.72 Å². The summed E-state index contributed by atoms with van der Waals surface area (Å²) in [4.78, 5) is 3.64. The van der Waals surface area contributed by atoms with Crippen molar-refractivity contribution in [2.45, 2.75) is 24.2 Å². The molecule has 0 aliphatic heterocycles. The molecular formula is C24H23BrN2O2S. The lowest BCUT2D eigenvalue weighted by Gasteiger charge is -2.18. The molecular weight excluding hydrogens is 460 g/mol. The average Bonchev–Trinajstić information content (AvgIpc) is 3.15. The van der Waals surface area contributed by atoms with E-state index >= 15 is 0 Å². The number of sulfonamides is 1. The molecule has 4 rings (SSSR count). The molecule has 0 saturated carbocycles. The van der Waals surface area contributed by atoms with E-state index in [1.165, 1.54) is 0 Å². The van der Waals surface area contributed by atoms with Gasteiger partial charge in [-0.1, -0.05) is 64.0 Å². The van der Waals surface area contributed by atoms with E-state index in [0.717, 1.165) is 32.1 Å². The van der Waals surface area contributed by atoms with Crippen LogP contribution in [0.1, 0.15) is 29.0 Å². The lowest BCUT2D eigenvalue weighted by atomic mass is 9.88. The fraction of sp³-hybridized carbons (Fsp3) is 0.167. The van der Waals surface area contributed by atoms with Gasteiger partial charge >= 0.3 is 0 Å². The highest BCUT2D eigenvalue weighted by molar-refractivity contribution is 9.10. The van der Waals surface area contributed by atoms with Crippen molar-refractivity contribution in [1.29, 1.82) is 0 Å². The Morgan fingerprint density at radius 1 is 1.00 bits per heavy atom. The van der Waals surface area contributed by atoms with Gasteiger partial charge in [0.2, 0.25) is 10.0 Å². The standard InChI is InChI=1S/C24H23BrN2O2S/c1-17-7-10-20(11-8-17)30(28,29)27-14-13-21(18-5-3-2-4-6-18)23-16-26-24-12-9-19(25)15-22(23)24/h2-12,15-16,21,26-27H,13-14H2,1H3. The first-order chi connectivity index (χ1) is 14.4. The minimum Gasteiger partial charge on any atom is -0.361 e. The second-order valence-electron chi connectivity index (χ2n) is 7.40. The van der Waals surface area contributed by atoms with Crippen molar-refractivity contribution in [2.75, 3.05) is 6.54 Å². The molecule has 0 saturated heterocycles. The molecule has 3 aromatic carbocycles. The Hall–Kier alpha value is -2.41. The van der Waals surface area contributed by atoms with Crippen molar-refractivity contribution in [1.82, 2.24) is 9.71 Å². The molecule has 4 aromatic rings. The Balaban J connectivity index is 1.60. The predicted octanol–water partition coefficient (Wildman–Crippen LogP) is 5.74. The molecule has 1 heterocycles. The Morgan fingerprint density at radius 2 is 1.73 bits per heavy atom. The van der Waals surface area contributed by atoms with Gasteiger partial charge in [0, 0.05) is 34.0 Å². The van der Waals surface area contributed by atoms with Gasteiger partial charge in [0.15, 0.2) is 0 Å². The summed E-state index contributed by atoms with van der Waals surface area (Å²) in [5.41, 5.74) is 4.41. The minimum absolute atomic E-state index is 0.0648. The number of H-pyrrole nitrogens is 1. The highest BCUT2D eigenvalue weighted by atomic mass is 79.9. The zero-order valence-corrected chi connectivity index (χ0v) is 19.0. The van der Waals surface area contributed by atoms with E-state index in [0.29, 0.717) is 17.9 Å². The molecule has 0 radical (unpaired) electrons. The summed E-state index contributed by atoms with van der Waals surface area (Å²) in [6.07, 6.45) is 2.68. The summed E-state index contributed by atoms with van der Waals surface area (Å²) in [7, 11) is -3.54. The van der Waals surface area contributed by atoms with Gasteiger partial charge in [0.05, 0.1) is 4.90 Å². The van der Waals surface area contributed by atoms with Gasteiger partial charge in [-0.05, 0) is 54.8 Å². The van der Waals surface area contributed by atoms with Gasteiger partial charge in [-0.2, -0.15) is 0 Å². The van der Waals surface area contributed by atoms with E-state index in [-0.39, 0.29) is 5.92 Å². The lowest BCUT2D eigenvalue weighted by Crippen LogP contribution is -2.26. The van der Waals surface area contributed by atoms with Crippen molar-refractivity contribution in [3.8, 4) is 0 Å². The number of fused-ring (bicyclic) bond motifs is 1. The number of rotatable bonds is 7. The fourth-order valence-corrected chi connectivity index (χ4v) is 5.14. The molecule has 6 heteroatoms. The van der Waals surface area contributed by atoms with Crippen LogP contribution in [0.3, 0.4) is 0 Å². The fourth-order valence-electron chi connectivity index (χ4n) is 3.73. The first-order valence-electron chi connectivity index (χ1n) is 9.82. The highest BCUT2D eigenvalue weighted by Gasteiger charge is 2.20. The zero-order chi connectivity index (χ0) is 21.1. The third kappa shape index (κ3) is 4.51. The number of aryl methyl sites for hydroxylation is 1. The van der Waals surface area contributed by atoms with Crippen molar-refractivity contribution in [3.63, 3.8) is 0 Å². The first-order valence-corrected chi connectivity index (χ1v) is 12.1. The number of aromatic nitrogens is 1. The van der Waals surface area contributed by atoms with E-state index < -0.39 is 10.0 Å². The first kappa shape index (κ1) is 20.8. The average molecular weight is 483 g/mol. The Labute approximate surface area is 185 Å². The minimum atomic E-state index is -3.54. The van der Waals surface area contributed by atoms with E-state index in [1.54, 1.807) is 12.1 Å². The summed E-state index contributed by atoms with van der Waals surface area (Å²) in [5, 5.41) is 1.14. The number of aromatic amines is 1. The van der Waals surface area contributed by atoms with E-state index in [4.69, 9.17) is 0 Å². The summed E-state index contributed by atoms with van der Waals surface area (Å²) < 4.78 is 29.1. The van der Waals surface area contributed by atoms with Crippen LogP contribution in [0, 0.1) is 6.92 Å². The highest BCUT2D eigenvalue weighted by Crippen LogP contribution is 2.34. The molecule has 30 heavy (non-hydrogen) atoms. The molecule has 0 fully saturated rings. The van der Waals surface area contributed by atoms with Crippen molar-refractivity contribution in [3.05, 3.63) is 100 Å². The Kier molecular flexibility index (Phi) is 6.09. The van der Waals surface area contributed by atoms with Crippen LogP contribution >= 0.6 is 15.9 Å². The van der Waals surface area contributed by atoms with E-state index in [9.17, 15) is 8.42 Å². The number of hydrogen-bond acceptors (Lipinski definition) is 2. The largest absolute Gasteiger partial charge is 0.361 e. The predicted molar refractivity (Wildman–Crippen MR) is 125 cm³/mol. The number of benzene rings is 3. The van der Waals surface area contributed by atoms with Crippen LogP contribution in [0.25, 0.3) is 10.9 Å². The second-order valence-corrected chi connectivity index (χ2v) is 10.1.